The van der Waals surface area contributed by atoms with Gasteiger partial charge in [0.15, 0.2) is 0 Å². The summed E-state index contributed by atoms with van der Waals surface area (Å²) >= 11 is 1.78. The molecule has 1 aliphatic carbocycles. The van der Waals surface area contributed by atoms with Gasteiger partial charge in [0.1, 0.15) is 0 Å². The van der Waals surface area contributed by atoms with E-state index in [1.54, 1.807) is 11.3 Å². The fourth-order valence-corrected chi connectivity index (χ4v) is 3.88. The SMILES string of the molecule is CCCNC1CCCc2cn(Cc3csc(CC)n3)cc21. The van der Waals surface area contributed by atoms with Crippen molar-refractivity contribution >= 4 is 11.3 Å². The molecule has 0 radical (unpaired) electrons. The number of hydrogen-bond donors (Lipinski definition) is 1. The van der Waals surface area contributed by atoms with Crippen LogP contribution in [0.2, 0.25) is 0 Å². The first-order valence-electron chi connectivity index (χ1n) is 8.15. The van der Waals surface area contributed by atoms with Gasteiger partial charge in [0.05, 0.1) is 17.2 Å². The third kappa shape index (κ3) is 3.38. The molecule has 3 rings (SSSR count). The van der Waals surface area contributed by atoms with Crippen LogP contribution < -0.4 is 5.32 Å². The van der Waals surface area contributed by atoms with Crippen molar-refractivity contribution in [3.63, 3.8) is 0 Å². The molecule has 1 aliphatic rings. The number of nitrogens with zero attached hydrogens (tertiary/aromatic N) is 2. The number of aryl methyl sites for hydroxylation is 2. The zero-order chi connectivity index (χ0) is 14.7. The molecule has 0 aromatic carbocycles. The first-order valence-corrected chi connectivity index (χ1v) is 9.03. The van der Waals surface area contributed by atoms with E-state index in [4.69, 9.17) is 0 Å². The summed E-state index contributed by atoms with van der Waals surface area (Å²) in [7, 11) is 0. The van der Waals surface area contributed by atoms with Crippen molar-refractivity contribution < 1.29 is 0 Å². The molecule has 0 aliphatic heterocycles. The third-order valence-electron chi connectivity index (χ3n) is 4.20. The minimum absolute atomic E-state index is 0.552. The second-order valence-corrected chi connectivity index (χ2v) is 6.84. The Kier molecular flexibility index (Phi) is 4.76. The molecule has 21 heavy (non-hydrogen) atoms. The van der Waals surface area contributed by atoms with E-state index in [0.717, 1.165) is 19.5 Å². The summed E-state index contributed by atoms with van der Waals surface area (Å²) in [6, 6.07) is 0.552. The van der Waals surface area contributed by atoms with Gasteiger partial charge in [0.2, 0.25) is 0 Å². The van der Waals surface area contributed by atoms with E-state index in [1.807, 2.05) is 0 Å². The van der Waals surface area contributed by atoms with Crippen molar-refractivity contribution in [1.29, 1.82) is 0 Å². The number of aromatic nitrogens is 2. The first-order chi connectivity index (χ1) is 10.3. The number of rotatable bonds is 6. The van der Waals surface area contributed by atoms with Crippen LogP contribution in [0.15, 0.2) is 17.8 Å². The summed E-state index contributed by atoms with van der Waals surface area (Å²) in [5.41, 5.74) is 4.24. The molecule has 1 N–H and O–H groups in total. The van der Waals surface area contributed by atoms with Gasteiger partial charge >= 0.3 is 0 Å². The van der Waals surface area contributed by atoms with Crippen LogP contribution in [-0.4, -0.2) is 16.1 Å². The molecule has 1 atom stereocenters. The molecule has 0 amide bonds. The standard InChI is InChI=1S/C17H25N3S/c1-3-8-18-16-7-5-6-13-9-20(11-15(13)16)10-14-12-21-17(4-2)19-14/h9,11-12,16,18H,3-8,10H2,1-2H3. The maximum absolute atomic E-state index is 4.68. The van der Waals surface area contributed by atoms with Crippen molar-refractivity contribution in [2.75, 3.05) is 6.54 Å². The van der Waals surface area contributed by atoms with Gasteiger partial charge in [-0.3, -0.25) is 0 Å². The van der Waals surface area contributed by atoms with Crippen molar-refractivity contribution in [2.45, 2.75) is 58.5 Å². The average molecular weight is 303 g/mol. The number of thiazole rings is 1. The van der Waals surface area contributed by atoms with Gasteiger partial charge in [-0.05, 0) is 49.8 Å². The van der Waals surface area contributed by atoms with Crippen LogP contribution in [-0.2, 0) is 19.4 Å². The summed E-state index contributed by atoms with van der Waals surface area (Å²) in [5.74, 6) is 0. The highest BCUT2D eigenvalue weighted by molar-refractivity contribution is 7.09. The monoisotopic (exact) mass is 303 g/mol. The maximum Gasteiger partial charge on any atom is 0.0926 e. The Labute approximate surface area is 131 Å². The van der Waals surface area contributed by atoms with E-state index in [9.17, 15) is 0 Å². The van der Waals surface area contributed by atoms with Gasteiger partial charge < -0.3 is 9.88 Å². The molecule has 2 aromatic rings. The molecule has 2 heterocycles. The van der Waals surface area contributed by atoms with Gasteiger partial charge in [0.25, 0.3) is 0 Å². The maximum atomic E-state index is 4.68. The summed E-state index contributed by atoms with van der Waals surface area (Å²) in [4.78, 5) is 4.68. The van der Waals surface area contributed by atoms with Crippen LogP contribution in [0, 0.1) is 0 Å². The van der Waals surface area contributed by atoms with Crippen LogP contribution in [0.25, 0.3) is 0 Å². The minimum Gasteiger partial charge on any atom is -0.348 e. The second-order valence-electron chi connectivity index (χ2n) is 5.90. The molecule has 0 saturated heterocycles. The molecular formula is C17H25N3S. The Morgan fingerprint density at radius 3 is 3.05 bits per heavy atom. The zero-order valence-corrected chi connectivity index (χ0v) is 13.9. The molecule has 1 unspecified atom stereocenters. The topological polar surface area (TPSA) is 29.9 Å². The van der Waals surface area contributed by atoms with Gasteiger partial charge in [-0.25, -0.2) is 4.98 Å². The van der Waals surface area contributed by atoms with E-state index in [2.05, 4.69) is 46.5 Å². The van der Waals surface area contributed by atoms with E-state index in [0.29, 0.717) is 6.04 Å². The second kappa shape index (κ2) is 6.75. The largest absolute Gasteiger partial charge is 0.348 e. The van der Waals surface area contributed by atoms with Crippen LogP contribution >= 0.6 is 11.3 Å². The van der Waals surface area contributed by atoms with Crippen molar-refractivity contribution in [1.82, 2.24) is 14.9 Å². The van der Waals surface area contributed by atoms with Gasteiger partial charge in [-0.15, -0.1) is 11.3 Å². The van der Waals surface area contributed by atoms with E-state index in [1.165, 1.54) is 47.5 Å². The Hall–Kier alpha value is -1.13. The van der Waals surface area contributed by atoms with Crippen LogP contribution in [0.4, 0.5) is 0 Å². The molecule has 3 nitrogen and oxygen atoms in total. The summed E-state index contributed by atoms with van der Waals surface area (Å²) < 4.78 is 2.32. The lowest BCUT2D eigenvalue weighted by atomic mass is 9.91. The first kappa shape index (κ1) is 14.8. The van der Waals surface area contributed by atoms with Gasteiger partial charge in [-0.1, -0.05) is 13.8 Å². The number of nitrogens with one attached hydrogen (secondary N) is 1. The average Bonchev–Trinajstić information content (AvgIpc) is 3.11. The summed E-state index contributed by atoms with van der Waals surface area (Å²) in [5, 5.41) is 7.13. The Balaban J connectivity index is 1.74. The predicted octanol–water partition coefficient (Wildman–Crippen LogP) is 3.93. The lowest BCUT2D eigenvalue weighted by molar-refractivity contribution is 0.462. The molecule has 0 spiro atoms. The van der Waals surface area contributed by atoms with E-state index >= 15 is 0 Å². The zero-order valence-electron chi connectivity index (χ0n) is 13.1. The highest BCUT2D eigenvalue weighted by Crippen LogP contribution is 2.30. The molecule has 0 bridgehead atoms. The van der Waals surface area contributed by atoms with Crippen LogP contribution in [0.5, 0.6) is 0 Å². The highest BCUT2D eigenvalue weighted by Gasteiger charge is 2.21. The molecule has 0 fully saturated rings. The lowest BCUT2D eigenvalue weighted by Gasteiger charge is -2.23. The normalized spacial score (nSPS) is 17.9. The Morgan fingerprint density at radius 2 is 2.29 bits per heavy atom. The van der Waals surface area contributed by atoms with Gasteiger partial charge in [-0.2, -0.15) is 0 Å². The van der Waals surface area contributed by atoms with Crippen LogP contribution in [0.1, 0.15) is 61.0 Å². The Morgan fingerprint density at radius 1 is 1.38 bits per heavy atom. The molecule has 114 valence electrons. The highest BCUT2D eigenvalue weighted by atomic mass is 32.1. The smallest absolute Gasteiger partial charge is 0.0926 e. The predicted molar refractivity (Wildman–Crippen MR) is 89.0 cm³/mol. The van der Waals surface area contributed by atoms with Crippen molar-refractivity contribution in [2.24, 2.45) is 0 Å². The molecule has 2 aromatic heterocycles. The van der Waals surface area contributed by atoms with Crippen LogP contribution in [0.3, 0.4) is 0 Å². The summed E-state index contributed by atoms with van der Waals surface area (Å²) in [6.45, 7) is 6.42. The van der Waals surface area contributed by atoms with Crippen molar-refractivity contribution in [3.05, 3.63) is 39.6 Å². The third-order valence-corrected chi connectivity index (χ3v) is 5.24. The number of fused-ring (bicyclic) bond motifs is 1. The lowest BCUT2D eigenvalue weighted by Crippen LogP contribution is -2.24. The summed E-state index contributed by atoms with van der Waals surface area (Å²) in [6.07, 6.45) is 10.7. The fraction of sp³-hybridized carbons (Fsp3) is 0.588. The molecule has 4 heteroatoms. The Bertz CT molecular complexity index is 585. The van der Waals surface area contributed by atoms with E-state index in [-0.39, 0.29) is 0 Å². The number of hydrogen-bond acceptors (Lipinski definition) is 3. The molecule has 0 saturated carbocycles. The quantitative estimate of drug-likeness (QED) is 0.876. The van der Waals surface area contributed by atoms with Gasteiger partial charge in [0, 0.05) is 23.8 Å². The minimum atomic E-state index is 0.552. The van der Waals surface area contributed by atoms with E-state index < -0.39 is 0 Å². The molecular weight excluding hydrogens is 278 g/mol. The van der Waals surface area contributed by atoms with Crippen molar-refractivity contribution in [3.8, 4) is 0 Å². The fourth-order valence-electron chi connectivity index (χ4n) is 3.14.